The topological polar surface area (TPSA) is 105 Å². The highest BCUT2D eigenvalue weighted by Crippen LogP contribution is 2.43. The van der Waals surface area contributed by atoms with Crippen LogP contribution >= 0.6 is 11.8 Å². The lowest BCUT2D eigenvalue weighted by molar-refractivity contribution is -0.268. The van der Waals surface area contributed by atoms with Crippen molar-refractivity contribution in [2.75, 3.05) is 5.75 Å². The Kier molecular flexibility index (Phi) is 11.4. The molecule has 1 heterocycles. The fourth-order valence-electron chi connectivity index (χ4n) is 5.39. The molecule has 0 saturated carbocycles. The third-order valence-electron chi connectivity index (χ3n) is 8.01. The van der Waals surface area contributed by atoms with Crippen molar-refractivity contribution in [1.29, 1.82) is 0 Å². The zero-order valence-electron chi connectivity index (χ0n) is 25.3. The van der Waals surface area contributed by atoms with Gasteiger partial charge in [0.25, 0.3) is 0 Å². The standard InChI is InChI=1S/C37H39NO6S/c1-25-33(24-45-32-9-3-2-4-10-32)43-37(44-36(25)29-15-13-26(23-39)14-16-29)30-19-17-28(18-20-30)31-8-5-7-27(21-31)22-38-34(40)11-6-12-35(41)42/h2-5,7-10,13-21,25,33,36-37,39H,6,11-12,22-24H2,1H3,(H,38,40)(H,41,42)/t25-,33+,36+,37+/m0/s1. The number of nitrogens with one attached hydrogen (secondary N) is 1. The molecule has 1 amide bonds. The van der Waals surface area contributed by atoms with E-state index in [1.165, 1.54) is 4.90 Å². The van der Waals surface area contributed by atoms with Crippen molar-refractivity contribution in [3.8, 4) is 11.1 Å². The van der Waals surface area contributed by atoms with E-state index >= 15 is 0 Å². The minimum atomic E-state index is -0.895. The van der Waals surface area contributed by atoms with Crippen LogP contribution in [-0.4, -0.2) is 33.9 Å². The Bertz CT molecular complexity index is 1540. The van der Waals surface area contributed by atoms with Crippen molar-refractivity contribution in [2.45, 2.75) is 62.7 Å². The number of aliphatic carboxylic acids is 1. The monoisotopic (exact) mass is 625 g/mol. The number of ether oxygens (including phenoxy) is 2. The molecule has 0 aromatic heterocycles. The quantitative estimate of drug-likeness (QED) is 0.134. The highest BCUT2D eigenvalue weighted by molar-refractivity contribution is 7.99. The van der Waals surface area contributed by atoms with Crippen LogP contribution in [0.5, 0.6) is 0 Å². The third-order valence-corrected chi connectivity index (χ3v) is 9.11. The second-order valence-electron chi connectivity index (χ2n) is 11.3. The van der Waals surface area contributed by atoms with E-state index in [4.69, 9.17) is 14.6 Å². The molecule has 0 radical (unpaired) electrons. The Morgan fingerprint density at radius 2 is 1.53 bits per heavy atom. The average molecular weight is 626 g/mol. The highest BCUT2D eigenvalue weighted by Gasteiger charge is 2.38. The van der Waals surface area contributed by atoms with Gasteiger partial charge in [0.05, 0.1) is 18.8 Å². The van der Waals surface area contributed by atoms with Crippen molar-refractivity contribution in [1.82, 2.24) is 5.32 Å². The molecule has 7 nitrogen and oxygen atoms in total. The lowest BCUT2D eigenvalue weighted by Crippen LogP contribution is -2.38. The molecule has 1 aliphatic heterocycles. The minimum Gasteiger partial charge on any atom is -0.481 e. The van der Waals surface area contributed by atoms with E-state index in [9.17, 15) is 14.7 Å². The van der Waals surface area contributed by atoms with Crippen molar-refractivity contribution in [3.63, 3.8) is 0 Å². The first-order valence-electron chi connectivity index (χ1n) is 15.3. The number of hydrogen-bond donors (Lipinski definition) is 3. The molecule has 0 unspecified atom stereocenters. The fourth-order valence-corrected chi connectivity index (χ4v) is 6.48. The van der Waals surface area contributed by atoms with E-state index in [0.29, 0.717) is 13.0 Å². The molecule has 4 aromatic rings. The van der Waals surface area contributed by atoms with Gasteiger partial charge in [-0.15, -0.1) is 11.8 Å². The fraction of sp³-hybridized carbons (Fsp3) is 0.297. The van der Waals surface area contributed by atoms with Crippen molar-refractivity contribution in [2.24, 2.45) is 5.92 Å². The number of hydrogen-bond acceptors (Lipinski definition) is 6. The van der Waals surface area contributed by atoms with E-state index in [0.717, 1.165) is 39.1 Å². The summed E-state index contributed by atoms with van der Waals surface area (Å²) in [7, 11) is 0. The number of carboxylic acids is 1. The van der Waals surface area contributed by atoms with Crippen LogP contribution in [0.3, 0.4) is 0 Å². The minimum absolute atomic E-state index is 0.00191. The molecule has 0 aliphatic carbocycles. The van der Waals surface area contributed by atoms with Gasteiger partial charge < -0.3 is 25.0 Å². The van der Waals surface area contributed by atoms with Gasteiger partial charge in [-0.05, 0) is 52.4 Å². The molecular formula is C37H39NO6S. The largest absolute Gasteiger partial charge is 0.481 e. The first-order chi connectivity index (χ1) is 21.9. The summed E-state index contributed by atoms with van der Waals surface area (Å²) in [6.07, 6.45) is -0.259. The third kappa shape index (κ3) is 9.05. The number of carbonyl (C=O) groups excluding carboxylic acids is 1. The first-order valence-corrected chi connectivity index (χ1v) is 16.2. The van der Waals surface area contributed by atoms with Gasteiger partial charge in [-0.3, -0.25) is 9.59 Å². The van der Waals surface area contributed by atoms with E-state index in [1.807, 2.05) is 78.9 Å². The Balaban J connectivity index is 1.28. The summed E-state index contributed by atoms with van der Waals surface area (Å²) < 4.78 is 13.2. The van der Waals surface area contributed by atoms with E-state index in [1.54, 1.807) is 11.8 Å². The maximum absolute atomic E-state index is 12.1. The summed E-state index contributed by atoms with van der Waals surface area (Å²) >= 11 is 1.78. The summed E-state index contributed by atoms with van der Waals surface area (Å²) in [4.78, 5) is 24.0. The molecule has 45 heavy (non-hydrogen) atoms. The number of aliphatic hydroxyl groups is 1. The second kappa shape index (κ2) is 15.9. The van der Waals surface area contributed by atoms with Gasteiger partial charge >= 0.3 is 5.97 Å². The van der Waals surface area contributed by atoms with Gasteiger partial charge in [-0.2, -0.15) is 0 Å². The predicted molar refractivity (Wildman–Crippen MR) is 175 cm³/mol. The van der Waals surface area contributed by atoms with Crippen LogP contribution in [0.2, 0.25) is 0 Å². The summed E-state index contributed by atoms with van der Waals surface area (Å²) in [5.74, 6) is -0.155. The van der Waals surface area contributed by atoms with Gasteiger partial charge in [0.2, 0.25) is 5.91 Å². The molecule has 0 bridgehead atoms. The number of carboxylic acid groups (broad SMARTS) is 1. The maximum atomic E-state index is 12.1. The zero-order valence-corrected chi connectivity index (χ0v) is 26.1. The van der Waals surface area contributed by atoms with E-state index in [-0.39, 0.29) is 43.5 Å². The molecule has 1 fully saturated rings. The van der Waals surface area contributed by atoms with Crippen LogP contribution in [0.15, 0.2) is 108 Å². The van der Waals surface area contributed by atoms with Crippen LogP contribution < -0.4 is 5.32 Å². The maximum Gasteiger partial charge on any atom is 0.303 e. The Labute approximate surface area is 268 Å². The van der Waals surface area contributed by atoms with Crippen LogP contribution in [0, 0.1) is 5.92 Å². The Morgan fingerprint density at radius 1 is 0.800 bits per heavy atom. The van der Waals surface area contributed by atoms with Crippen LogP contribution in [0.4, 0.5) is 0 Å². The molecule has 4 atom stereocenters. The highest BCUT2D eigenvalue weighted by atomic mass is 32.2. The van der Waals surface area contributed by atoms with Crippen molar-refractivity contribution >= 4 is 23.6 Å². The van der Waals surface area contributed by atoms with Crippen molar-refractivity contribution < 1.29 is 29.3 Å². The molecule has 234 valence electrons. The summed E-state index contributed by atoms with van der Waals surface area (Å²) in [5.41, 5.74) is 5.88. The number of aliphatic hydroxyl groups excluding tert-OH is 1. The summed E-state index contributed by atoms with van der Waals surface area (Å²) in [5, 5.41) is 21.2. The Morgan fingerprint density at radius 3 is 2.24 bits per heavy atom. The van der Waals surface area contributed by atoms with Gasteiger partial charge in [-0.25, -0.2) is 0 Å². The molecule has 4 aromatic carbocycles. The SMILES string of the molecule is C[C@H]1[C@@H](CSc2ccccc2)O[C@@H](c2ccc(-c3cccc(CNC(=O)CCCC(=O)O)c3)cc2)O[C@H]1c1ccc(CO)cc1. The second-order valence-corrected chi connectivity index (χ2v) is 12.4. The number of carbonyl (C=O) groups is 2. The normalized spacial score (nSPS) is 19.6. The molecular weight excluding hydrogens is 586 g/mol. The van der Waals surface area contributed by atoms with E-state index < -0.39 is 12.3 Å². The Hall–Kier alpha value is -3.95. The molecule has 5 rings (SSSR count). The lowest BCUT2D eigenvalue weighted by Gasteiger charge is -2.41. The van der Waals surface area contributed by atoms with Crippen LogP contribution in [0.25, 0.3) is 11.1 Å². The van der Waals surface area contributed by atoms with Gasteiger partial charge in [0.1, 0.15) is 0 Å². The van der Waals surface area contributed by atoms with Gasteiger partial charge in [0, 0.05) is 41.5 Å². The van der Waals surface area contributed by atoms with Crippen LogP contribution in [0.1, 0.15) is 60.8 Å². The van der Waals surface area contributed by atoms with E-state index in [2.05, 4.69) is 36.5 Å². The zero-order chi connectivity index (χ0) is 31.6. The first kappa shape index (κ1) is 32.4. The molecule has 0 spiro atoms. The van der Waals surface area contributed by atoms with Gasteiger partial charge in [0.15, 0.2) is 6.29 Å². The average Bonchev–Trinajstić information content (AvgIpc) is 3.07. The molecule has 1 saturated heterocycles. The van der Waals surface area contributed by atoms with Crippen LogP contribution in [-0.2, 0) is 32.2 Å². The molecule has 8 heteroatoms. The summed E-state index contributed by atoms with van der Waals surface area (Å²) in [6, 6.07) is 34.5. The summed E-state index contributed by atoms with van der Waals surface area (Å²) in [6.45, 7) is 2.55. The number of benzene rings is 4. The van der Waals surface area contributed by atoms with Crippen molar-refractivity contribution in [3.05, 3.63) is 125 Å². The lowest BCUT2D eigenvalue weighted by atomic mass is 9.91. The number of rotatable bonds is 13. The molecule has 1 aliphatic rings. The number of amides is 1. The predicted octanol–water partition coefficient (Wildman–Crippen LogP) is 7.30. The van der Waals surface area contributed by atoms with Gasteiger partial charge in [-0.1, -0.05) is 91.9 Å². The smallest absolute Gasteiger partial charge is 0.303 e. The molecule has 3 N–H and O–H groups in total. The number of thioether (sulfide) groups is 1.